The standard InChI is InChI=1S/C22H23FN2O5/c23-18-9-7-16(8-10-18)21(26)6-3-15-30-22(27)17-11-13-24(14-12-17)19-4-1-2-5-20(19)25(28)29/h1-2,4-5,7-10,17H,3,6,11-15H2. The van der Waals surface area contributed by atoms with E-state index in [4.69, 9.17) is 4.74 Å². The third-order valence-corrected chi connectivity index (χ3v) is 5.21. The maximum Gasteiger partial charge on any atom is 0.309 e. The summed E-state index contributed by atoms with van der Waals surface area (Å²) in [7, 11) is 0. The molecule has 3 rings (SSSR count). The molecule has 8 heteroatoms. The molecule has 1 aliphatic rings. The van der Waals surface area contributed by atoms with Gasteiger partial charge in [-0.05, 0) is 49.6 Å². The lowest BCUT2D eigenvalue weighted by Gasteiger charge is -2.32. The van der Waals surface area contributed by atoms with Gasteiger partial charge in [0.25, 0.3) is 5.69 Å². The van der Waals surface area contributed by atoms with E-state index in [0.29, 0.717) is 43.6 Å². The van der Waals surface area contributed by atoms with Gasteiger partial charge in [0, 0.05) is 31.1 Å². The number of anilines is 1. The van der Waals surface area contributed by atoms with Gasteiger partial charge in [-0.2, -0.15) is 0 Å². The van der Waals surface area contributed by atoms with Crippen molar-refractivity contribution in [3.8, 4) is 0 Å². The lowest BCUT2D eigenvalue weighted by molar-refractivity contribution is -0.384. The summed E-state index contributed by atoms with van der Waals surface area (Å²) in [5, 5.41) is 11.2. The number of hydrogen-bond acceptors (Lipinski definition) is 6. The van der Waals surface area contributed by atoms with Gasteiger partial charge in [-0.1, -0.05) is 12.1 Å². The zero-order chi connectivity index (χ0) is 21.5. The topological polar surface area (TPSA) is 89.8 Å². The van der Waals surface area contributed by atoms with Crippen LogP contribution < -0.4 is 4.90 Å². The minimum Gasteiger partial charge on any atom is -0.465 e. The molecule has 1 aliphatic heterocycles. The molecule has 0 aromatic heterocycles. The first-order chi connectivity index (χ1) is 14.5. The Kier molecular flexibility index (Phi) is 7.11. The van der Waals surface area contributed by atoms with E-state index in [0.717, 1.165) is 0 Å². The quantitative estimate of drug-likeness (QED) is 0.212. The number of ether oxygens (including phenoxy) is 1. The molecule has 0 unspecified atom stereocenters. The third-order valence-electron chi connectivity index (χ3n) is 5.21. The predicted molar refractivity (Wildman–Crippen MR) is 109 cm³/mol. The monoisotopic (exact) mass is 414 g/mol. The lowest BCUT2D eigenvalue weighted by Crippen LogP contribution is -2.37. The summed E-state index contributed by atoms with van der Waals surface area (Å²) in [5.74, 6) is -1.07. The Balaban J connectivity index is 1.41. The fraction of sp³-hybridized carbons (Fsp3) is 0.364. The van der Waals surface area contributed by atoms with Crippen molar-refractivity contribution in [3.05, 3.63) is 70.0 Å². The number of ketones is 1. The molecule has 0 saturated carbocycles. The molecular formula is C22H23FN2O5. The van der Waals surface area contributed by atoms with Gasteiger partial charge in [-0.3, -0.25) is 19.7 Å². The maximum absolute atomic E-state index is 12.9. The second kappa shape index (κ2) is 9.96. The molecule has 0 aliphatic carbocycles. The normalized spacial score (nSPS) is 14.4. The molecule has 0 radical (unpaired) electrons. The van der Waals surface area contributed by atoms with Crippen LogP contribution in [0, 0.1) is 21.8 Å². The van der Waals surface area contributed by atoms with Crippen LogP contribution in [-0.2, 0) is 9.53 Å². The molecule has 1 fully saturated rings. The molecule has 1 saturated heterocycles. The van der Waals surface area contributed by atoms with Crippen LogP contribution in [0.2, 0.25) is 0 Å². The van der Waals surface area contributed by atoms with Crippen molar-refractivity contribution in [3.63, 3.8) is 0 Å². The van der Waals surface area contributed by atoms with E-state index < -0.39 is 10.7 Å². The predicted octanol–water partition coefficient (Wildman–Crippen LogP) is 4.16. The number of hydrogen-bond donors (Lipinski definition) is 0. The summed E-state index contributed by atoms with van der Waals surface area (Å²) in [6.07, 6.45) is 1.73. The molecule has 0 amide bonds. The van der Waals surface area contributed by atoms with E-state index in [2.05, 4.69) is 0 Å². The largest absolute Gasteiger partial charge is 0.465 e. The summed E-state index contributed by atoms with van der Waals surface area (Å²) in [5.41, 5.74) is 1.06. The van der Waals surface area contributed by atoms with Crippen molar-refractivity contribution in [2.75, 3.05) is 24.6 Å². The van der Waals surface area contributed by atoms with Gasteiger partial charge in [-0.25, -0.2) is 4.39 Å². The first-order valence-corrected chi connectivity index (χ1v) is 9.89. The molecule has 2 aromatic carbocycles. The van der Waals surface area contributed by atoms with Crippen LogP contribution in [0.1, 0.15) is 36.0 Å². The second-order valence-corrected chi connectivity index (χ2v) is 7.21. The van der Waals surface area contributed by atoms with E-state index >= 15 is 0 Å². The highest BCUT2D eigenvalue weighted by Crippen LogP contribution is 2.31. The van der Waals surface area contributed by atoms with Gasteiger partial charge < -0.3 is 9.64 Å². The summed E-state index contributed by atoms with van der Waals surface area (Å²) in [6, 6.07) is 11.9. The van der Waals surface area contributed by atoms with Crippen molar-refractivity contribution >= 4 is 23.1 Å². The Labute approximate surface area is 173 Å². The zero-order valence-electron chi connectivity index (χ0n) is 16.5. The Hall–Kier alpha value is -3.29. The minimum atomic E-state index is -0.400. The molecule has 0 atom stereocenters. The molecule has 30 heavy (non-hydrogen) atoms. The van der Waals surface area contributed by atoms with Gasteiger partial charge >= 0.3 is 5.97 Å². The average molecular weight is 414 g/mol. The highest BCUT2D eigenvalue weighted by Gasteiger charge is 2.28. The molecule has 0 bridgehead atoms. The number of para-hydroxylation sites is 2. The van der Waals surface area contributed by atoms with Crippen LogP contribution in [0.5, 0.6) is 0 Å². The summed E-state index contributed by atoms with van der Waals surface area (Å²) in [6.45, 7) is 1.22. The SMILES string of the molecule is O=C(CCCOC(=O)C1CCN(c2ccccc2[N+](=O)[O-])CC1)c1ccc(F)cc1. The number of nitro groups is 1. The van der Waals surface area contributed by atoms with Crippen LogP contribution in [0.3, 0.4) is 0 Å². The highest BCUT2D eigenvalue weighted by molar-refractivity contribution is 5.95. The van der Waals surface area contributed by atoms with Crippen molar-refractivity contribution in [2.45, 2.75) is 25.7 Å². The average Bonchev–Trinajstić information content (AvgIpc) is 2.77. The van der Waals surface area contributed by atoms with Crippen LogP contribution in [0.15, 0.2) is 48.5 Å². The number of nitro benzene ring substituents is 1. The molecular weight excluding hydrogens is 391 g/mol. The number of piperidine rings is 1. The number of carbonyl (C=O) groups is 2. The van der Waals surface area contributed by atoms with Crippen molar-refractivity contribution in [1.29, 1.82) is 0 Å². The molecule has 0 spiro atoms. The first kappa shape index (κ1) is 21.4. The highest BCUT2D eigenvalue weighted by atomic mass is 19.1. The number of halogens is 1. The van der Waals surface area contributed by atoms with Crippen molar-refractivity contribution in [2.24, 2.45) is 5.92 Å². The Morgan fingerprint density at radius 2 is 1.77 bits per heavy atom. The Morgan fingerprint density at radius 3 is 2.43 bits per heavy atom. The maximum atomic E-state index is 12.9. The Bertz CT molecular complexity index is 908. The summed E-state index contributed by atoms with van der Waals surface area (Å²) in [4.78, 5) is 37.0. The smallest absolute Gasteiger partial charge is 0.309 e. The first-order valence-electron chi connectivity index (χ1n) is 9.89. The molecule has 1 heterocycles. The van der Waals surface area contributed by atoms with Gasteiger partial charge in [0.2, 0.25) is 0 Å². The number of benzene rings is 2. The van der Waals surface area contributed by atoms with E-state index in [9.17, 15) is 24.1 Å². The van der Waals surface area contributed by atoms with Crippen LogP contribution in [-0.4, -0.2) is 36.4 Å². The number of Topliss-reactive ketones (excluding diaryl/α,β-unsaturated/α-hetero) is 1. The van der Waals surface area contributed by atoms with Gasteiger partial charge in [-0.15, -0.1) is 0 Å². The minimum absolute atomic E-state index is 0.0596. The second-order valence-electron chi connectivity index (χ2n) is 7.21. The van der Waals surface area contributed by atoms with E-state index in [-0.39, 0.29) is 36.4 Å². The molecule has 158 valence electrons. The number of esters is 1. The van der Waals surface area contributed by atoms with E-state index in [1.54, 1.807) is 18.2 Å². The molecule has 0 N–H and O–H groups in total. The fourth-order valence-electron chi connectivity index (χ4n) is 3.55. The van der Waals surface area contributed by atoms with Crippen LogP contribution in [0.25, 0.3) is 0 Å². The number of nitrogens with zero attached hydrogens (tertiary/aromatic N) is 2. The van der Waals surface area contributed by atoms with Gasteiger partial charge in [0.15, 0.2) is 5.78 Å². The van der Waals surface area contributed by atoms with Crippen molar-refractivity contribution in [1.82, 2.24) is 0 Å². The summed E-state index contributed by atoms with van der Waals surface area (Å²) >= 11 is 0. The van der Waals surface area contributed by atoms with Crippen LogP contribution in [0.4, 0.5) is 15.8 Å². The molecule has 2 aromatic rings. The van der Waals surface area contributed by atoms with Gasteiger partial charge in [0.1, 0.15) is 11.5 Å². The zero-order valence-corrected chi connectivity index (χ0v) is 16.5. The number of carbonyl (C=O) groups excluding carboxylic acids is 2. The lowest BCUT2D eigenvalue weighted by atomic mass is 9.96. The molecule has 7 nitrogen and oxygen atoms in total. The van der Waals surface area contributed by atoms with E-state index in [1.165, 1.54) is 30.3 Å². The third kappa shape index (κ3) is 5.40. The summed E-state index contributed by atoms with van der Waals surface area (Å²) < 4.78 is 18.2. The Morgan fingerprint density at radius 1 is 1.10 bits per heavy atom. The van der Waals surface area contributed by atoms with Crippen LogP contribution >= 0.6 is 0 Å². The van der Waals surface area contributed by atoms with Crippen molar-refractivity contribution < 1.29 is 23.6 Å². The fourth-order valence-corrected chi connectivity index (χ4v) is 3.55. The van der Waals surface area contributed by atoms with E-state index in [1.807, 2.05) is 4.90 Å². The number of rotatable bonds is 8. The van der Waals surface area contributed by atoms with Gasteiger partial charge in [0.05, 0.1) is 17.4 Å².